The predicted octanol–water partition coefficient (Wildman–Crippen LogP) is 3.46. The molecule has 0 aliphatic carbocycles. The number of carbonyl (C=O) groups is 1. The van der Waals surface area contributed by atoms with Crippen molar-refractivity contribution in [2.75, 3.05) is 18.2 Å². The number of benzene rings is 2. The van der Waals surface area contributed by atoms with Crippen molar-refractivity contribution in [2.24, 2.45) is 0 Å². The Morgan fingerprint density at radius 1 is 1.07 bits per heavy atom. The Morgan fingerprint density at radius 3 is 2.57 bits per heavy atom. The summed E-state index contributed by atoms with van der Waals surface area (Å²) in [6.45, 7) is 0. The zero-order valence-corrected chi connectivity index (χ0v) is 16.9. The van der Waals surface area contributed by atoms with E-state index in [0.29, 0.717) is 22.4 Å². The summed E-state index contributed by atoms with van der Waals surface area (Å²) in [5, 5.41) is 12.0. The molecule has 2 heterocycles. The Morgan fingerprint density at radius 2 is 1.87 bits per heavy atom. The third-order valence-corrected chi connectivity index (χ3v) is 5.08. The Balaban J connectivity index is 1.54. The van der Waals surface area contributed by atoms with Gasteiger partial charge in [0.1, 0.15) is 11.4 Å². The lowest BCUT2D eigenvalue weighted by Crippen LogP contribution is -2.14. The second kappa shape index (κ2) is 9.19. The number of hydrogen-bond acceptors (Lipinski definition) is 7. The highest BCUT2D eigenvalue weighted by Gasteiger charge is 2.18. The largest absolute Gasteiger partial charge is 0.497 e. The molecule has 0 saturated heterocycles. The van der Waals surface area contributed by atoms with Crippen molar-refractivity contribution in [3.8, 4) is 23.0 Å². The topological polar surface area (TPSA) is 94.8 Å². The smallest absolute Gasteiger partial charge is 0.234 e. The van der Waals surface area contributed by atoms with E-state index in [-0.39, 0.29) is 11.7 Å². The third-order valence-electron chi connectivity index (χ3n) is 4.15. The molecule has 2 aromatic carbocycles. The molecule has 4 aromatic rings. The van der Waals surface area contributed by atoms with Gasteiger partial charge in [0.15, 0.2) is 11.0 Å². The van der Waals surface area contributed by atoms with Gasteiger partial charge in [-0.05, 0) is 36.4 Å². The van der Waals surface area contributed by atoms with Crippen molar-refractivity contribution in [3.63, 3.8) is 0 Å². The molecule has 8 nitrogen and oxygen atoms in total. The fourth-order valence-electron chi connectivity index (χ4n) is 2.76. The summed E-state index contributed by atoms with van der Waals surface area (Å²) in [7, 11) is 1.60. The third kappa shape index (κ3) is 4.47. The zero-order valence-electron chi connectivity index (χ0n) is 16.1. The lowest BCUT2D eigenvalue weighted by atomic mass is 10.3. The molecule has 0 aliphatic heterocycles. The second-order valence-electron chi connectivity index (χ2n) is 6.13. The molecule has 150 valence electrons. The van der Waals surface area contributed by atoms with Crippen LogP contribution in [-0.2, 0) is 4.79 Å². The van der Waals surface area contributed by atoms with E-state index >= 15 is 0 Å². The van der Waals surface area contributed by atoms with Gasteiger partial charge in [0.25, 0.3) is 0 Å². The van der Waals surface area contributed by atoms with E-state index in [2.05, 4.69) is 25.5 Å². The fraction of sp³-hybridized carbons (Fsp3) is 0.0952. The number of aromatic nitrogens is 5. The van der Waals surface area contributed by atoms with Gasteiger partial charge in [-0.25, -0.2) is 4.98 Å². The van der Waals surface area contributed by atoms with Crippen LogP contribution < -0.4 is 10.1 Å². The average Bonchev–Trinajstić information content (AvgIpc) is 3.23. The maximum Gasteiger partial charge on any atom is 0.234 e. The fourth-order valence-corrected chi connectivity index (χ4v) is 3.51. The molecule has 0 unspecified atom stereocenters. The lowest BCUT2D eigenvalue weighted by molar-refractivity contribution is -0.113. The zero-order chi connectivity index (χ0) is 20.8. The number of ether oxygens (including phenoxy) is 1. The predicted molar refractivity (Wildman–Crippen MR) is 115 cm³/mol. The normalized spacial score (nSPS) is 10.6. The van der Waals surface area contributed by atoms with Crippen LogP contribution in [0.5, 0.6) is 5.75 Å². The van der Waals surface area contributed by atoms with Crippen LogP contribution in [0.4, 0.5) is 5.69 Å². The molecule has 1 amide bonds. The van der Waals surface area contributed by atoms with Crippen LogP contribution in [0.3, 0.4) is 0 Å². The summed E-state index contributed by atoms with van der Waals surface area (Å²) in [4.78, 5) is 20.9. The van der Waals surface area contributed by atoms with Crippen LogP contribution >= 0.6 is 11.8 Å². The van der Waals surface area contributed by atoms with Crippen LogP contribution in [0.15, 0.2) is 78.3 Å². The number of amides is 1. The number of anilines is 1. The quantitative estimate of drug-likeness (QED) is 0.459. The van der Waals surface area contributed by atoms with Gasteiger partial charge in [0, 0.05) is 23.8 Å². The summed E-state index contributed by atoms with van der Waals surface area (Å²) >= 11 is 1.30. The van der Waals surface area contributed by atoms with Crippen molar-refractivity contribution in [1.29, 1.82) is 0 Å². The first kappa shape index (κ1) is 19.6. The van der Waals surface area contributed by atoms with Gasteiger partial charge in [0.05, 0.1) is 19.1 Å². The van der Waals surface area contributed by atoms with Crippen molar-refractivity contribution in [1.82, 2.24) is 24.7 Å². The number of thioether (sulfide) groups is 1. The monoisotopic (exact) mass is 418 g/mol. The molecule has 9 heteroatoms. The van der Waals surface area contributed by atoms with Crippen LogP contribution in [0.2, 0.25) is 0 Å². The second-order valence-corrected chi connectivity index (χ2v) is 7.08. The standard InChI is InChI=1S/C21H18N6O2S/c1-29-17-9-7-15(8-10-17)24-19(28)14-30-21-26-25-20(18-13-22-11-12-23-18)27(21)16-5-3-2-4-6-16/h2-13H,14H2,1H3,(H,24,28). The van der Waals surface area contributed by atoms with Crippen molar-refractivity contribution in [2.45, 2.75) is 5.16 Å². The first-order valence-electron chi connectivity index (χ1n) is 9.08. The van der Waals surface area contributed by atoms with Crippen molar-refractivity contribution >= 4 is 23.4 Å². The minimum atomic E-state index is -0.145. The minimum absolute atomic E-state index is 0.145. The van der Waals surface area contributed by atoms with E-state index in [1.54, 1.807) is 50.0 Å². The summed E-state index contributed by atoms with van der Waals surface area (Å²) in [5.74, 6) is 1.33. The first-order chi connectivity index (χ1) is 14.7. The van der Waals surface area contributed by atoms with E-state index in [1.807, 2.05) is 34.9 Å². The number of para-hydroxylation sites is 1. The molecular formula is C21H18N6O2S. The van der Waals surface area contributed by atoms with E-state index in [0.717, 1.165) is 11.4 Å². The summed E-state index contributed by atoms with van der Waals surface area (Å²) in [6.07, 6.45) is 4.84. The molecular weight excluding hydrogens is 400 g/mol. The molecule has 0 atom stereocenters. The summed E-state index contributed by atoms with van der Waals surface area (Å²) in [6, 6.07) is 16.9. The molecule has 2 aromatic heterocycles. The Bertz CT molecular complexity index is 1120. The van der Waals surface area contributed by atoms with Crippen LogP contribution in [0, 0.1) is 0 Å². The van der Waals surface area contributed by atoms with E-state index in [4.69, 9.17) is 4.74 Å². The van der Waals surface area contributed by atoms with Gasteiger partial charge >= 0.3 is 0 Å². The van der Waals surface area contributed by atoms with E-state index in [1.165, 1.54) is 11.8 Å². The number of hydrogen-bond donors (Lipinski definition) is 1. The van der Waals surface area contributed by atoms with E-state index in [9.17, 15) is 4.79 Å². The molecule has 0 bridgehead atoms. The first-order valence-corrected chi connectivity index (χ1v) is 10.1. The Labute approximate surface area is 177 Å². The molecule has 0 aliphatic rings. The highest BCUT2D eigenvalue weighted by atomic mass is 32.2. The van der Waals surface area contributed by atoms with Gasteiger partial charge in [-0.3, -0.25) is 14.3 Å². The highest BCUT2D eigenvalue weighted by molar-refractivity contribution is 7.99. The van der Waals surface area contributed by atoms with Gasteiger partial charge in [-0.2, -0.15) is 0 Å². The number of carbonyl (C=O) groups excluding carboxylic acids is 1. The maximum atomic E-state index is 12.4. The highest BCUT2D eigenvalue weighted by Crippen LogP contribution is 2.26. The van der Waals surface area contributed by atoms with Crippen LogP contribution in [0.25, 0.3) is 17.2 Å². The Hall–Kier alpha value is -3.72. The molecule has 1 N–H and O–H groups in total. The van der Waals surface area contributed by atoms with Gasteiger partial charge < -0.3 is 10.1 Å². The molecule has 0 spiro atoms. The van der Waals surface area contributed by atoms with Crippen molar-refractivity contribution in [3.05, 3.63) is 73.2 Å². The van der Waals surface area contributed by atoms with E-state index < -0.39 is 0 Å². The number of nitrogens with zero attached hydrogens (tertiary/aromatic N) is 5. The number of nitrogens with one attached hydrogen (secondary N) is 1. The molecule has 4 rings (SSSR count). The molecule has 0 fully saturated rings. The summed E-state index contributed by atoms with van der Waals surface area (Å²) < 4.78 is 7.00. The lowest BCUT2D eigenvalue weighted by Gasteiger charge is -2.10. The molecule has 0 radical (unpaired) electrons. The maximum absolute atomic E-state index is 12.4. The van der Waals surface area contributed by atoms with Gasteiger partial charge in [-0.15, -0.1) is 10.2 Å². The van der Waals surface area contributed by atoms with Gasteiger partial charge in [-0.1, -0.05) is 30.0 Å². The number of rotatable bonds is 7. The van der Waals surface area contributed by atoms with Crippen LogP contribution in [0.1, 0.15) is 0 Å². The molecule has 0 saturated carbocycles. The minimum Gasteiger partial charge on any atom is -0.497 e. The molecule has 30 heavy (non-hydrogen) atoms. The SMILES string of the molecule is COc1ccc(NC(=O)CSc2nnc(-c3cnccn3)n2-c2ccccc2)cc1. The Kier molecular flexibility index (Phi) is 6.00. The average molecular weight is 418 g/mol. The van der Waals surface area contributed by atoms with Crippen LogP contribution in [-0.4, -0.2) is 43.5 Å². The summed E-state index contributed by atoms with van der Waals surface area (Å²) in [5.41, 5.74) is 2.18. The van der Waals surface area contributed by atoms with Gasteiger partial charge in [0.2, 0.25) is 5.91 Å². The number of methoxy groups -OCH3 is 1. The van der Waals surface area contributed by atoms with Crippen molar-refractivity contribution < 1.29 is 9.53 Å².